The Hall–Kier alpha value is -1.95. The number of nitrogens with zero attached hydrogens (tertiary/aromatic N) is 1. The van der Waals surface area contributed by atoms with E-state index in [0.717, 1.165) is 16.9 Å². The van der Waals surface area contributed by atoms with Gasteiger partial charge < -0.3 is 9.15 Å². The number of hydrogen-bond acceptors (Lipinski definition) is 6. The van der Waals surface area contributed by atoms with E-state index in [-0.39, 0.29) is 18.1 Å². The summed E-state index contributed by atoms with van der Waals surface area (Å²) >= 11 is 1.14. The van der Waals surface area contributed by atoms with E-state index >= 15 is 0 Å². The maximum Gasteiger partial charge on any atom is 0.358 e. The van der Waals surface area contributed by atoms with Gasteiger partial charge in [0.15, 0.2) is 22.2 Å². The predicted octanol–water partition coefficient (Wildman–Crippen LogP) is 3.09. The molecule has 0 saturated heterocycles. The van der Waals surface area contributed by atoms with Gasteiger partial charge in [0.2, 0.25) is 0 Å². The molecule has 0 aromatic carbocycles. The summed E-state index contributed by atoms with van der Waals surface area (Å²) < 4.78 is 10.2. The van der Waals surface area contributed by atoms with E-state index in [1.54, 1.807) is 19.3 Å². The van der Waals surface area contributed by atoms with E-state index in [9.17, 15) is 9.59 Å². The molecule has 0 aliphatic heterocycles. The van der Waals surface area contributed by atoms with Crippen LogP contribution in [0.25, 0.3) is 10.8 Å². The van der Waals surface area contributed by atoms with Crippen LogP contribution >= 0.6 is 11.3 Å². The van der Waals surface area contributed by atoms with Crippen LogP contribution in [0.15, 0.2) is 16.7 Å². The number of esters is 1. The molecule has 0 aliphatic carbocycles. The van der Waals surface area contributed by atoms with Crippen molar-refractivity contribution in [2.45, 2.75) is 20.8 Å². The number of hydrogen-bond donors (Lipinski definition) is 0. The van der Waals surface area contributed by atoms with Gasteiger partial charge in [-0.25, -0.2) is 9.78 Å². The molecule has 2 rings (SSSR count). The lowest BCUT2D eigenvalue weighted by atomic mass is 10.3. The lowest BCUT2D eigenvalue weighted by molar-refractivity contribution is 0.0517. The topological polar surface area (TPSA) is 69.4 Å². The molecule has 5 nitrogen and oxygen atoms in total. The van der Waals surface area contributed by atoms with Crippen LogP contribution in [0.5, 0.6) is 0 Å². The van der Waals surface area contributed by atoms with Crippen molar-refractivity contribution >= 4 is 23.1 Å². The van der Waals surface area contributed by atoms with Crippen LogP contribution < -0.4 is 0 Å². The Morgan fingerprint density at radius 1 is 1.47 bits per heavy atom. The lowest BCUT2D eigenvalue weighted by Gasteiger charge is -1.98. The number of rotatable bonds is 4. The molecule has 0 unspecified atom stereocenters. The van der Waals surface area contributed by atoms with Gasteiger partial charge in [-0.05, 0) is 25.5 Å². The van der Waals surface area contributed by atoms with Crippen LogP contribution in [0.4, 0.5) is 0 Å². The Kier molecular flexibility index (Phi) is 3.80. The summed E-state index contributed by atoms with van der Waals surface area (Å²) in [7, 11) is 0. The second kappa shape index (κ2) is 5.36. The summed E-state index contributed by atoms with van der Waals surface area (Å²) in [4.78, 5) is 27.8. The molecule has 2 aromatic rings. The van der Waals surface area contributed by atoms with Gasteiger partial charge in [-0.15, -0.1) is 11.3 Å². The van der Waals surface area contributed by atoms with Crippen molar-refractivity contribution in [2.75, 3.05) is 6.61 Å². The maximum atomic E-state index is 11.8. The molecule has 2 aromatic heterocycles. The molecule has 0 spiro atoms. The smallest absolute Gasteiger partial charge is 0.358 e. The largest absolute Gasteiger partial charge is 0.462 e. The number of aryl methyl sites for hydroxylation is 1. The SMILES string of the molecule is CCOC(=O)c1nc(-c2occc2C)sc1C(C)=O. The normalized spacial score (nSPS) is 10.5. The first kappa shape index (κ1) is 13.5. The van der Waals surface area contributed by atoms with E-state index in [0.29, 0.717) is 15.6 Å². The molecule has 0 saturated carbocycles. The first-order valence-corrected chi connectivity index (χ1v) is 6.59. The van der Waals surface area contributed by atoms with Gasteiger partial charge in [-0.2, -0.15) is 0 Å². The fraction of sp³-hybridized carbons (Fsp3) is 0.308. The van der Waals surface area contributed by atoms with Crippen molar-refractivity contribution in [3.63, 3.8) is 0 Å². The van der Waals surface area contributed by atoms with Gasteiger partial charge in [0.05, 0.1) is 12.9 Å². The zero-order valence-electron chi connectivity index (χ0n) is 10.9. The summed E-state index contributed by atoms with van der Waals surface area (Å²) in [6, 6.07) is 1.80. The monoisotopic (exact) mass is 279 g/mol. The molecule has 0 radical (unpaired) electrons. The molecule has 0 bridgehead atoms. The molecular weight excluding hydrogens is 266 g/mol. The van der Waals surface area contributed by atoms with Crippen LogP contribution in [0.2, 0.25) is 0 Å². The van der Waals surface area contributed by atoms with Crippen LogP contribution in [0.3, 0.4) is 0 Å². The second-order valence-electron chi connectivity index (χ2n) is 3.91. The number of Topliss-reactive ketones (excluding diaryl/α,β-unsaturated/α-hetero) is 1. The van der Waals surface area contributed by atoms with Gasteiger partial charge in [-0.1, -0.05) is 0 Å². The number of carbonyl (C=O) groups excluding carboxylic acids is 2. The zero-order chi connectivity index (χ0) is 14.0. The zero-order valence-corrected chi connectivity index (χ0v) is 11.7. The van der Waals surface area contributed by atoms with Gasteiger partial charge in [-0.3, -0.25) is 4.79 Å². The molecular formula is C13H13NO4S. The molecule has 0 N–H and O–H groups in total. The Balaban J connectivity index is 2.49. The number of furan rings is 1. The third-order valence-electron chi connectivity index (χ3n) is 2.47. The van der Waals surface area contributed by atoms with E-state index in [1.807, 2.05) is 6.92 Å². The van der Waals surface area contributed by atoms with E-state index in [2.05, 4.69) is 4.98 Å². The highest BCUT2D eigenvalue weighted by Gasteiger charge is 2.24. The predicted molar refractivity (Wildman–Crippen MR) is 70.5 cm³/mol. The average molecular weight is 279 g/mol. The van der Waals surface area contributed by atoms with Gasteiger partial charge in [0, 0.05) is 6.92 Å². The summed E-state index contributed by atoms with van der Waals surface area (Å²) in [6.07, 6.45) is 1.55. The Bertz CT molecular complexity index is 626. The Morgan fingerprint density at radius 3 is 2.74 bits per heavy atom. The van der Waals surface area contributed by atoms with Gasteiger partial charge in [0.1, 0.15) is 4.88 Å². The second-order valence-corrected chi connectivity index (χ2v) is 4.91. The van der Waals surface area contributed by atoms with E-state index < -0.39 is 5.97 Å². The van der Waals surface area contributed by atoms with E-state index in [1.165, 1.54) is 6.92 Å². The highest BCUT2D eigenvalue weighted by molar-refractivity contribution is 7.17. The average Bonchev–Trinajstić information content (AvgIpc) is 2.94. The van der Waals surface area contributed by atoms with E-state index in [4.69, 9.17) is 9.15 Å². The molecule has 2 heterocycles. The molecule has 19 heavy (non-hydrogen) atoms. The lowest BCUT2D eigenvalue weighted by Crippen LogP contribution is -2.09. The molecule has 0 amide bonds. The highest BCUT2D eigenvalue weighted by atomic mass is 32.1. The maximum absolute atomic E-state index is 11.8. The van der Waals surface area contributed by atoms with Crippen LogP contribution in [0, 0.1) is 6.92 Å². The molecule has 6 heteroatoms. The fourth-order valence-electron chi connectivity index (χ4n) is 1.59. The van der Waals surface area contributed by atoms with Crippen molar-refractivity contribution in [3.05, 3.63) is 28.5 Å². The molecule has 0 fully saturated rings. The molecule has 0 aliphatic rings. The summed E-state index contributed by atoms with van der Waals surface area (Å²) in [5.41, 5.74) is 0.962. The first-order valence-electron chi connectivity index (χ1n) is 5.78. The van der Waals surface area contributed by atoms with Crippen molar-refractivity contribution in [1.82, 2.24) is 4.98 Å². The quantitative estimate of drug-likeness (QED) is 0.635. The minimum absolute atomic E-state index is 0.0603. The van der Waals surface area contributed by atoms with Crippen molar-refractivity contribution in [2.24, 2.45) is 0 Å². The van der Waals surface area contributed by atoms with Gasteiger partial charge >= 0.3 is 5.97 Å². The van der Waals surface area contributed by atoms with Crippen LogP contribution in [-0.4, -0.2) is 23.3 Å². The van der Waals surface area contributed by atoms with Crippen LogP contribution in [0.1, 0.15) is 39.6 Å². The van der Waals surface area contributed by atoms with Crippen LogP contribution in [-0.2, 0) is 4.74 Å². The summed E-state index contributed by atoms with van der Waals surface area (Å²) in [5.74, 6) is -0.224. The number of ketones is 1. The summed E-state index contributed by atoms with van der Waals surface area (Å²) in [5, 5.41) is 0.510. The molecule has 100 valence electrons. The molecule has 0 atom stereocenters. The Labute approximate surface area is 114 Å². The van der Waals surface area contributed by atoms with Crippen molar-refractivity contribution < 1.29 is 18.7 Å². The van der Waals surface area contributed by atoms with Crippen molar-refractivity contribution in [1.29, 1.82) is 0 Å². The van der Waals surface area contributed by atoms with Crippen molar-refractivity contribution in [3.8, 4) is 10.8 Å². The third kappa shape index (κ3) is 2.58. The number of aromatic nitrogens is 1. The first-order chi connectivity index (χ1) is 9.04. The number of carbonyl (C=O) groups is 2. The third-order valence-corrected chi connectivity index (χ3v) is 3.63. The number of ether oxygens (including phenoxy) is 1. The minimum Gasteiger partial charge on any atom is -0.462 e. The highest BCUT2D eigenvalue weighted by Crippen LogP contribution is 2.31. The fourth-order valence-corrected chi connectivity index (χ4v) is 2.59. The standard InChI is InChI=1S/C13H13NO4S/c1-4-17-13(16)9-11(8(3)15)19-12(14-9)10-7(2)5-6-18-10/h5-6H,4H2,1-3H3. The van der Waals surface area contributed by atoms with Gasteiger partial charge in [0.25, 0.3) is 0 Å². The number of thiazole rings is 1. The Morgan fingerprint density at radius 2 is 2.21 bits per heavy atom. The summed E-state index contributed by atoms with van der Waals surface area (Å²) in [6.45, 7) is 5.21. The minimum atomic E-state index is -0.584.